The SMILES string of the molecule is COc1ccc(C(C)c2sc(N)nc2C)cc1. The molecule has 0 bridgehead atoms. The largest absolute Gasteiger partial charge is 0.497 e. The first-order valence-electron chi connectivity index (χ1n) is 5.48. The second-order valence-electron chi connectivity index (χ2n) is 4.00. The highest BCUT2D eigenvalue weighted by atomic mass is 32.1. The third-order valence-electron chi connectivity index (χ3n) is 2.86. The number of thiazole rings is 1. The van der Waals surface area contributed by atoms with E-state index < -0.39 is 0 Å². The van der Waals surface area contributed by atoms with Crippen LogP contribution in [0.1, 0.15) is 29.0 Å². The second-order valence-corrected chi connectivity index (χ2v) is 5.06. The maximum Gasteiger partial charge on any atom is 0.180 e. The van der Waals surface area contributed by atoms with Crippen molar-refractivity contribution in [3.8, 4) is 5.75 Å². The van der Waals surface area contributed by atoms with Crippen LogP contribution < -0.4 is 10.5 Å². The summed E-state index contributed by atoms with van der Waals surface area (Å²) >= 11 is 1.56. The summed E-state index contributed by atoms with van der Waals surface area (Å²) in [6.07, 6.45) is 0. The molecule has 1 aromatic heterocycles. The molecule has 17 heavy (non-hydrogen) atoms. The number of hydrogen-bond donors (Lipinski definition) is 1. The summed E-state index contributed by atoms with van der Waals surface area (Å²) in [7, 11) is 1.67. The Morgan fingerprint density at radius 2 is 1.94 bits per heavy atom. The number of benzene rings is 1. The average Bonchev–Trinajstić information content (AvgIpc) is 2.68. The molecule has 1 unspecified atom stereocenters. The van der Waals surface area contributed by atoms with E-state index in [0.29, 0.717) is 11.0 Å². The number of nitrogen functional groups attached to an aromatic ring is 1. The molecule has 0 spiro atoms. The molecule has 2 N–H and O–H groups in total. The first-order chi connectivity index (χ1) is 8.11. The highest BCUT2D eigenvalue weighted by Gasteiger charge is 2.15. The van der Waals surface area contributed by atoms with Gasteiger partial charge in [-0.2, -0.15) is 0 Å². The Bertz CT molecular complexity index is 505. The van der Waals surface area contributed by atoms with E-state index in [9.17, 15) is 0 Å². The molecule has 2 aromatic rings. The standard InChI is InChI=1S/C13H16N2OS/c1-8(12-9(2)15-13(14)17-12)10-4-6-11(16-3)7-5-10/h4-8H,1-3H3,(H2,14,15). The van der Waals surface area contributed by atoms with Gasteiger partial charge in [0.15, 0.2) is 5.13 Å². The van der Waals surface area contributed by atoms with Gasteiger partial charge in [-0.3, -0.25) is 0 Å². The molecule has 0 fully saturated rings. The molecule has 4 heteroatoms. The molecule has 0 radical (unpaired) electrons. The normalized spacial score (nSPS) is 12.4. The number of hydrogen-bond acceptors (Lipinski definition) is 4. The van der Waals surface area contributed by atoms with Crippen LogP contribution in [0, 0.1) is 6.92 Å². The van der Waals surface area contributed by atoms with Crippen molar-refractivity contribution in [2.45, 2.75) is 19.8 Å². The average molecular weight is 248 g/mol. The molecule has 1 heterocycles. The second kappa shape index (κ2) is 4.75. The molecular formula is C13H16N2OS. The van der Waals surface area contributed by atoms with E-state index in [1.807, 2.05) is 19.1 Å². The lowest BCUT2D eigenvalue weighted by atomic mass is 9.98. The lowest BCUT2D eigenvalue weighted by Crippen LogP contribution is -1.95. The van der Waals surface area contributed by atoms with Gasteiger partial charge >= 0.3 is 0 Å². The summed E-state index contributed by atoms with van der Waals surface area (Å²) in [5.74, 6) is 1.19. The summed E-state index contributed by atoms with van der Waals surface area (Å²) in [4.78, 5) is 5.49. The number of ether oxygens (including phenoxy) is 1. The van der Waals surface area contributed by atoms with Gasteiger partial charge in [0.2, 0.25) is 0 Å². The Kier molecular flexibility index (Phi) is 3.33. The summed E-state index contributed by atoms with van der Waals surface area (Å²) < 4.78 is 5.15. The zero-order valence-corrected chi connectivity index (χ0v) is 11.0. The highest BCUT2D eigenvalue weighted by molar-refractivity contribution is 7.15. The predicted octanol–water partition coefficient (Wildman–Crippen LogP) is 3.19. The number of rotatable bonds is 3. The number of aromatic nitrogens is 1. The van der Waals surface area contributed by atoms with Crippen LogP contribution in [0.4, 0.5) is 5.13 Å². The van der Waals surface area contributed by atoms with E-state index >= 15 is 0 Å². The van der Waals surface area contributed by atoms with E-state index in [2.05, 4.69) is 24.0 Å². The van der Waals surface area contributed by atoms with Gasteiger partial charge in [0.1, 0.15) is 5.75 Å². The summed E-state index contributed by atoms with van der Waals surface area (Å²) in [6, 6.07) is 8.12. The number of nitrogens with zero attached hydrogens (tertiary/aromatic N) is 1. The predicted molar refractivity (Wildman–Crippen MR) is 71.8 cm³/mol. The maximum absolute atomic E-state index is 5.73. The minimum Gasteiger partial charge on any atom is -0.497 e. The molecular weight excluding hydrogens is 232 g/mol. The Hall–Kier alpha value is -1.55. The lowest BCUT2D eigenvalue weighted by molar-refractivity contribution is 0.414. The van der Waals surface area contributed by atoms with E-state index in [4.69, 9.17) is 10.5 Å². The van der Waals surface area contributed by atoms with Crippen LogP contribution in [0.15, 0.2) is 24.3 Å². The first kappa shape index (κ1) is 11.9. The van der Waals surface area contributed by atoms with E-state index in [0.717, 1.165) is 11.4 Å². The topological polar surface area (TPSA) is 48.1 Å². The van der Waals surface area contributed by atoms with Gasteiger partial charge < -0.3 is 10.5 Å². The van der Waals surface area contributed by atoms with Crippen LogP contribution in [0.5, 0.6) is 5.75 Å². The van der Waals surface area contributed by atoms with Crippen molar-refractivity contribution in [1.29, 1.82) is 0 Å². The third-order valence-corrected chi connectivity index (χ3v) is 4.03. The molecule has 2 rings (SSSR count). The van der Waals surface area contributed by atoms with Crippen molar-refractivity contribution in [1.82, 2.24) is 4.98 Å². The molecule has 3 nitrogen and oxygen atoms in total. The van der Waals surface area contributed by atoms with Gasteiger partial charge in [-0.15, -0.1) is 11.3 Å². The van der Waals surface area contributed by atoms with Crippen LogP contribution in [0.3, 0.4) is 0 Å². The Morgan fingerprint density at radius 3 is 2.41 bits per heavy atom. The summed E-state index contributed by atoms with van der Waals surface area (Å²) in [5, 5.41) is 0.637. The van der Waals surface area contributed by atoms with Crippen molar-refractivity contribution in [3.63, 3.8) is 0 Å². The van der Waals surface area contributed by atoms with Gasteiger partial charge in [-0.25, -0.2) is 4.98 Å². The molecule has 1 atom stereocenters. The monoisotopic (exact) mass is 248 g/mol. The first-order valence-corrected chi connectivity index (χ1v) is 6.30. The molecule has 1 aromatic carbocycles. The molecule has 0 aliphatic rings. The molecule has 0 amide bonds. The maximum atomic E-state index is 5.73. The van der Waals surface area contributed by atoms with E-state index in [-0.39, 0.29) is 0 Å². The van der Waals surface area contributed by atoms with Gasteiger partial charge in [0.05, 0.1) is 12.8 Å². The smallest absolute Gasteiger partial charge is 0.180 e. The number of aryl methyl sites for hydroxylation is 1. The van der Waals surface area contributed by atoms with Crippen LogP contribution in [-0.2, 0) is 0 Å². The van der Waals surface area contributed by atoms with Crippen LogP contribution in [0.2, 0.25) is 0 Å². The molecule has 0 aliphatic carbocycles. The minimum absolute atomic E-state index is 0.315. The Labute approximate surface area is 105 Å². The number of methoxy groups -OCH3 is 1. The Balaban J connectivity index is 2.30. The van der Waals surface area contributed by atoms with Crippen molar-refractivity contribution in [2.24, 2.45) is 0 Å². The van der Waals surface area contributed by atoms with Crippen molar-refractivity contribution in [3.05, 3.63) is 40.4 Å². The number of anilines is 1. The van der Waals surface area contributed by atoms with E-state index in [1.165, 1.54) is 10.4 Å². The van der Waals surface area contributed by atoms with Gasteiger partial charge in [0, 0.05) is 10.8 Å². The number of nitrogens with two attached hydrogens (primary N) is 1. The fourth-order valence-electron chi connectivity index (χ4n) is 1.88. The molecule has 90 valence electrons. The Morgan fingerprint density at radius 1 is 1.29 bits per heavy atom. The fourth-order valence-corrected chi connectivity index (χ4v) is 2.79. The third kappa shape index (κ3) is 2.42. The van der Waals surface area contributed by atoms with Gasteiger partial charge in [0.25, 0.3) is 0 Å². The van der Waals surface area contributed by atoms with Crippen molar-refractivity contribution >= 4 is 16.5 Å². The summed E-state index contributed by atoms with van der Waals surface area (Å²) in [5.41, 5.74) is 8.00. The lowest BCUT2D eigenvalue weighted by Gasteiger charge is -2.11. The molecule has 0 saturated carbocycles. The minimum atomic E-state index is 0.315. The van der Waals surface area contributed by atoms with Crippen LogP contribution in [0.25, 0.3) is 0 Å². The zero-order chi connectivity index (χ0) is 12.4. The quantitative estimate of drug-likeness (QED) is 0.907. The van der Waals surface area contributed by atoms with Crippen molar-refractivity contribution < 1.29 is 4.74 Å². The van der Waals surface area contributed by atoms with E-state index in [1.54, 1.807) is 18.4 Å². The van der Waals surface area contributed by atoms with Crippen LogP contribution >= 0.6 is 11.3 Å². The van der Waals surface area contributed by atoms with Crippen LogP contribution in [-0.4, -0.2) is 12.1 Å². The fraction of sp³-hybridized carbons (Fsp3) is 0.308. The van der Waals surface area contributed by atoms with Gasteiger partial charge in [-0.1, -0.05) is 19.1 Å². The van der Waals surface area contributed by atoms with Crippen molar-refractivity contribution in [2.75, 3.05) is 12.8 Å². The molecule has 0 aliphatic heterocycles. The molecule has 0 saturated heterocycles. The zero-order valence-electron chi connectivity index (χ0n) is 10.2. The van der Waals surface area contributed by atoms with Gasteiger partial charge in [-0.05, 0) is 24.6 Å². The highest BCUT2D eigenvalue weighted by Crippen LogP contribution is 2.33. The summed E-state index contributed by atoms with van der Waals surface area (Å²) in [6.45, 7) is 4.17.